The molecule has 1 aliphatic heterocycles. The lowest BCUT2D eigenvalue weighted by molar-refractivity contribution is 0.171. The number of halogens is 1. The summed E-state index contributed by atoms with van der Waals surface area (Å²) in [7, 11) is 0. The van der Waals surface area contributed by atoms with Gasteiger partial charge in [-0.15, -0.1) is 0 Å². The third-order valence-corrected chi connectivity index (χ3v) is 2.81. The number of ether oxygens (including phenoxy) is 2. The first-order valence-electron chi connectivity index (χ1n) is 5.88. The monoisotopic (exact) mass is 277 g/mol. The SMILES string of the molecule is Cc1cc(Nc2ccc3c(c2)OCCO3)nc(Cl)n1. The molecule has 0 radical (unpaired) electrons. The van der Waals surface area contributed by atoms with Gasteiger partial charge in [-0.1, -0.05) is 0 Å². The normalized spacial score (nSPS) is 13.2. The van der Waals surface area contributed by atoms with Crippen molar-refractivity contribution in [3.8, 4) is 11.5 Å². The van der Waals surface area contributed by atoms with Crippen molar-refractivity contribution < 1.29 is 9.47 Å². The first kappa shape index (κ1) is 12.0. The highest BCUT2D eigenvalue weighted by molar-refractivity contribution is 6.28. The number of anilines is 2. The Morgan fingerprint density at radius 3 is 2.68 bits per heavy atom. The quantitative estimate of drug-likeness (QED) is 0.855. The van der Waals surface area contributed by atoms with Gasteiger partial charge in [0, 0.05) is 23.5 Å². The number of hydrogen-bond donors (Lipinski definition) is 1. The Balaban J connectivity index is 1.86. The minimum Gasteiger partial charge on any atom is -0.486 e. The molecule has 6 heteroatoms. The van der Waals surface area contributed by atoms with E-state index in [9.17, 15) is 0 Å². The molecule has 0 unspecified atom stereocenters. The van der Waals surface area contributed by atoms with Gasteiger partial charge in [-0.05, 0) is 30.7 Å². The molecule has 98 valence electrons. The van der Waals surface area contributed by atoms with E-state index >= 15 is 0 Å². The van der Waals surface area contributed by atoms with Crippen molar-refractivity contribution in [2.24, 2.45) is 0 Å². The van der Waals surface area contributed by atoms with Crippen LogP contribution < -0.4 is 14.8 Å². The summed E-state index contributed by atoms with van der Waals surface area (Å²) in [5, 5.41) is 3.39. The first-order valence-corrected chi connectivity index (χ1v) is 6.26. The van der Waals surface area contributed by atoms with E-state index in [1.807, 2.05) is 31.2 Å². The summed E-state index contributed by atoms with van der Waals surface area (Å²) in [6, 6.07) is 7.47. The highest BCUT2D eigenvalue weighted by atomic mass is 35.5. The molecule has 2 heterocycles. The number of fused-ring (bicyclic) bond motifs is 1. The fourth-order valence-electron chi connectivity index (χ4n) is 1.87. The second-order valence-electron chi connectivity index (χ2n) is 4.15. The molecule has 3 rings (SSSR count). The van der Waals surface area contributed by atoms with Gasteiger partial charge in [0.05, 0.1) is 0 Å². The van der Waals surface area contributed by atoms with E-state index in [1.54, 1.807) is 0 Å². The lowest BCUT2D eigenvalue weighted by atomic mass is 10.2. The summed E-state index contributed by atoms with van der Waals surface area (Å²) in [6.45, 7) is 3.01. The Labute approximate surface area is 115 Å². The van der Waals surface area contributed by atoms with Crippen molar-refractivity contribution in [3.05, 3.63) is 35.2 Å². The fourth-order valence-corrected chi connectivity index (χ4v) is 2.09. The zero-order valence-corrected chi connectivity index (χ0v) is 11.1. The number of rotatable bonds is 2. The maximum Gasteiger partial charge on any atom is 0.224 e. The Morgan fingerprint density at radius 2 is 1.89 bits per heavy atom. The molecule has 19 heavy (non-hydrogen) atoms. The Kier molecular flexibility index (Phi) is 3.13. The summed E-state index contributed by atoms with van der Waals surface area (Å²) >= 11 is 5.82. The van der Waals surface area contributed by atoms with Gasteiger partial charge in [0.15, 0.2) is 11.5 Å². The molecular formula is C13H12ClN3O2. The van der Waals surface area contributed by atoms with E-state index < -0.39 is 0 Å². The highest BCUT2D eigenvalue weighted by Gasteiger charge is 2.12. The first-order chi connectivity index (χ1) is 9.20. The van der Waals surface area contributed by atoms with Crippen LogP contribution in [0.3, 0.4) is 0 Å². The average Bonchev–Trinajstić information content (AvgIpc) is 2.37. The standard InChI is InChI=1S/C13H12ClN3O2/c1-8-6-12(17-13(14)15-8)16-9-2-3-10-11(7-9)19-5-4-18-10/h2-3,6-7H,4-5H2,1H3,(H,15,16,17). The van der Waals surface area contributed by atoms with Crippen LogP contribution in [0.15, 0.2) is 24.3 Å². The van der Waals surface area contributed by atoms with Crippen LogP contribution >= 0.6 is 11.6 Å². The summed E-state index contributed by atoms with van der Waals surface area (Å²) in [4.78, 5) is 8.13. The molecule has 1 N–H and O–H groups in total. The van der Waals surface area contributed by atoms with Gasteiger partial charge in [0.1, 0.15) is 19.0 Å². The molecule has 0 aliphatic carbocycles. The number of aromatic nitrogens is 2. The molecule has 1 aromatic heterocycles. The summed E-state index contributed by atoms with van der Waals surface area (Å²) in [6.07, 6.45) is 0. The van der Waals surface area contributed by atoms with Crippen molar-refractivity contribution in [1.82, 2.24) is 9.97 Å². The lowest BCUT2D eigenvalue weighted by Gasteiger charge is -2.19. The van der Waals surface area contributed by atoms with Gasteiger partial charge in [-0.2, -0.15) is 0 Å². The Morgan fingerprint density at radius 1 is 1.11 bits per heavy atom. The van der Waals surface area contributed by atoms with Crippen LogP contribution in [-0.4, -0.2) is 23.2 Å². The van der Waals surface area contributed by atoms with Gasteiger partial charge in [0.2, 0.25) is 5.28 Å². The molecule has 1 aliphatic rings. The zero-order chi connectivity index (χ0) is 13.2. The van der Waals surface area contributed by atoms with Gasteiger partial charge in [-0.25, -0.2) is 9.97 Å². The van der Waals surface area contributed by atoms with Gasteiger partial charge in [-0.3, -0.25) is 0 Å². The molecule has 1 aromatic carbocycles. The van der Waals surface area contributed by atoms with Crippen LogP contribution in [0.1, 0.15) is 5.69 Å². The lowest BCUT2D eigenvalue weighted by Crippen LogP contribution is -2.15. The smallest absolute Gasteiger partial charge is 0.224 e. The number of nitrogens with one attached hydrogen (secondary N) is 1. The van der Waals surface area contributed by atoms with Gasteiger partial charge in [0.25, 0.3) is 0 Å². The third-order valence-electron chi connectivity index (χ3n) is 2.64. The molecule has 0 saturated carbocycles. The van der Waals surface area contributed by atoms with Crippen LogP contribution in [0.25, 0.3) is 0 Å². The number of hydrogen-bond acceptors (Lipinski definition) is 5. The van der Waals surface area contributed by atoms with Crippen LogP contribution in [0.5, 0.6) is 11.5 Å². The van der Waals surface area contributed by atoms with Gasteiger partial charge < -0.3 is 14.8 Å². The number of benzene rings is 1. The second-order valence-corrected chi connectivity index (χ2v) is 4.49. The van der Waals surface area contributed by atoms with Crippen molar-refractivity contribution in [3.63, 3.8) is 0 Å². The third kappa shape index (κ3) is 2.71. The molecule has 0 fully saturated rings. The van der Waals surface area contributed by atoms with Crippen LogP contribution in [0, 0.1) is 6.92 Å². The Bertz CT molecular complexity index is 599. The van der Waals surface area contributed by atoms with E-state index in [2.05, 4.69) is 15.3 Å². The van der Waals surface area contributed by atoms with Crippen LogP contribution in [0.2, 0.25) is 5.28 Å². The maximum absolute atomic E-state index is 5.82. The molecule has 0 bridgehead atoms. The summed E-state index contributed by atoms with van der Waals surface area (Å²) in [5.41, 5.74) is 1.67. The summed E-state index contributed by atoms with van der Waals surface area (Å²) < 4.78 is 11.0. The molecule has 2 aromatic rings. The van der Waals surface area contributed by atoms with Crippen molar-refractivity contribution in [2.45, 2.75) is 6.92 Å². The topological polar surface area (TPSA) is 56.3 Å². The van der Waals surface area contributed by atoms with E-state index in [0.717, 1.165) is 22.9 Å². The van der Waals surface area contributed by atoms with Crippen molar-refractivity contribution in [2.75, 3.05) is 18.5 Å². The van der Waals surface area contributed by atoms with Crippen molar-refractivity contribution >= 4 is 23.1 Å². The predicted molar refractivity (Wildman–Crippen MR) is 72.5 cm³/mol. The van der Waals surface area contributed by atoms with Crippen LogP contribution in [0.4, 0.5) is 11.5 Å². The molecule has 0 saturated heterocycles. The molecule has 0 spiro atoms. The molecule has 0 atom stereocenters. The predicted octanol–water partition coefficient (Wildman–Crippen LogP) is 2.95. The Hall–Kier alpha value is -2.01. The maximum atomic E-state index is 5.82. The molecular weight excluding hydrogens is 266 g/mol. The van der Waals surface area contributed by atoms with E-state index in [1.165, 1.54) is 0 Å². The highest BCUT2D eigenvalue weighted by Crippen LogP contribution is 2.33. The average molecular weight is 278 g/mol. The molecule has 5 nitrogen and oxygen atoms in total. The second kappa shape index (κ2) is 4.93. The van der Waals surface area contributed by atoms with E-state index in [4.69, 9.17) is 21.1 Å². The van der Waals surface area contributed by atoms with Gasteiger partial charge >= 0.3 is 0 Å². The van der Waals surface area contributed by atoms with E-state index in [0.29, 0.717) is 19.0 Å². The minimum absolute atomic E-state index is 0.222. The largest absolute Gasteiger partial charge is 0.486 e. The number of nitrogens with zero attached hydrogens (tertiary/aromatic N) is 2. The number of aryl methyl sites for hydroxylation is 1. The van der Waals surface area contributed by atoms with Crippen molar-refractivity contribution in [1.29, 1.82) is 0 Å². The fraction of sp³-hybridized carbons (Fsp3) is 0.231. The minimum atomic E-state index is 0.222. The van der Waals surface area contributed by atoms with Crippen LogP contribution in [-0.2, 0) is 0 Å². The zero-order valence-electron chi connectivity index (χ0n) is 10.3. The summed E-state index contributed by atoms with van der Waals surface area (Å²) in [5.74, 6) is 2.14. The molecule has 0 amide bonds. The van der Waals surface area contributed by atoms with E-state index in [-0.39, 0.29) is 5.28 Å².